The standard InChI is InChI=1S/C12H17Cl2N/c1-9(2)15-7-3-4-10-5-6-11(13)12(14)8-10/h5-6,8-9,15H,3-4,7H2,1-2H3. The van der Waals surface area contributed by atoms with Crippen LogP contribution in [0.15, 0.2) is 18.2 Å². The molecule has 0 spiro atoms. The van der Waals surface area contributed by atoms with E-state index in [9.17, 15) is 0 Å². The third kappa shape index (κ3) is 4.87. The molecule has 0 unspecified atom stereocenters. The highest BCUT2D eigenvalue weighted by Gasteiger charge is 1.99. The zero-order chi connectivity index (χ0) is 11.3. The Morgan fingerprint density at radius 2 is 1.93 bits per heavy atom. The average molecular weight is 246 g/mol. The number of hydrogen-bond donors (Lipinski definition) is 1. The molecule has 0 aromatic heterocycles. The summed E-state index contributed by atoms with van der Waals surface area (Å²) in [5.41, 5.74) is 1.25. The minimum absolute atomic E-state index is 0.554. The molecule has 0 saturated heterocycles. The van der Waals surface area contributed by atoms with Crippen LogP contribution in [0.3, 0.4) is 0 Å². The molecule has 1 N–H and O–H groups in total. The van der Waals surface area contributed by atoms with Crippen molar-refractivity contribution >= 4 is 23.2 Å². The first-order chi connectivity index (χ1) is 7.09. The highest BCUT2D eigenvalue weighted by Crippen LogP contribution is 2.22. The fourth-order valence-electron chi connectivity index (χ4n) is 1.38. The van der Waals surface area contributed by atoms with Gasteiger partial charge in [0.05, 0.1) is 10.0 Å². The van der Waals surface area contributed by atoms with Gasteiger partial charge in [-0.1, -0.05) is 43.1 Å². The van der Waals surface area contributed by atoms with Gasteiger partial charge in [-0.05, 0) is 37.1 Å². The van der Waals surface area contributed by atoms with E-state index in [0.29, 0.717) is 16.1 Å². The van der Waals surface area contributed by atoms with Gasteiger partial charge in [0.1, 0.15) is 0 Å². The summed E-state index contributed by atoms with van der Waals surface area (Å²) in [4.78, 5) is 0. The van der Waals surface area contributed by atoms with Crippen LogP contribution in [0.1, 0.15) is 25.8 Å². The Morgan fingerprint density at radius 1 is 1.20 bits per heavy atom. The quantitative estimate of drug-likeness (QED) is 0.776. The molecule has 0 fully saturated rings. The maximum absolute atomic E-state index is 5.93. The molecule has 0 aliphatic heterocycles. The predicted octanol–water partition coefficient (Wildman–Crippen LogP) is 3.92. The van der Waals surface area contributed by atoms with Crippen molar-refractivity contribution in [2.24, 2.45) is 0 Å². The van der Waals surface area contributed by atoms with Crippen LogP contribution in [0.25, 0.3) is 0 Å². The van der Waals surface area contributed by atoms with Gasteiger partial charge < -0.3 is 5.32 Å². The minimum atomic E-state index is 0.554. The first-order valence-electron chi connectivity index (χ1n) is 5.27. The fourth-order valence-corrected chi connectivity index (χ4v) is 1.70. The first kappa shape index (κ1) is 12.8. The highest BCUT2D eigenvalue weighted by molar-refractivity contribution is 6.42. The van der Waals surface area contributed by atoms with Gasteiger partial charge in [0.15, 0.2) is 0 Å². The Kier molecular flexibility index (Phi) is 5.44. The molecule has 0 amide bonds. The Balaban J connectivity index is 2.35. The van der Waals surface area contributed by atoms with E-state index in [1.165, 1.54) is 5.56 Å². The van der Waals surface area contributed by atoms with Gasteiger partial charge in [-0.25, -0.2) is 0 Å². The van der Waals surface area contributed by atoms with Crippen LogP contribution in [0, 0.1) is 0 Å². The van der Waals surface area contributed by atoms with Crippen molar-refractivity contribution in [1.29, 1.82) is 0 Å². The summed E-state index contributed by atoms with van der Waals surface area (Å²) >= 11 is 11.8. The minimum Gasteiger partial charge on any atom is -0.315 e. The Bertz CT molecular complexity index is 310. The molecule has 0 saturated carbocycles. The second-order valence-corrected chi connectivity index (χ2v) is 4.78. The van der Waals surface area contributed by atoms with E-state index < -0.39 is 0 Å². The van der Waals surface area contributed by atoms with Crippen molar-refractivity contribution < 1.29 is 0 Å². The van der Waals surface area contributed by atoms with E-state index in [1.807, 2.05) is 18.2 Å². The maximum atomic E-state index is 5.93. The Labute approximate surface area is 102 Å². The highest BCUT2D eigenvalue weighted by atomic mass is 35.5. The molecule has 0 bridgehead atoms. The van der Waals surface area contributed by atoms with Crippen LogP contribution in [0.4, 0.5) is 0 Å². The molecule has 1 aromatic rings. The fraction of sp³-hybridized carbons (Fsp3) is 0.500. The summed E-state index contributed by atoms with van der Waals surface area (Å²) in [6.07, 6.45) is 2.16. The van der Waals surface area contributed by atoms with Crippen LogP contribution in [0.2, 0.25) is 10.0 Å². The Morgan fingerprint density at radius 3 is 2.53 bits per heavy atom. The van der Waals surface area contributed by atoms with Crippen molar-refractivity contribution in [1.82, 2.24) is 5.32 Å². The molecule has 0 radical (unpaired) electrons. The summed E-state index contributed by atoms with van der Waals surface area (Å²) in [6, 6.07) is 6.39. The van der Waals surface area contributed by atoms with Gasteiger partial charge in [0.2, 0.25) is 0 Å². The third-order valence-corrected chi connectivity index (χ3v) is 2.92. The summed E-state index contributed by atoms with van der Waals surface area (Å²) in [6.45, 7) is 5.34. The van der Waals surface area contributed by atoms with E-state index in [1.54, 1.807) is 0 Å². The first-order valence-corrected chi connectivity index (χ1v) is 6.02. The lowest BCUT2D eigenvalue weighted by atomic mass is 10.1. The maximum Gasteiger partial charge on any atom is 0.0595 e. The number of hydrogen-bond acceptors (Lipinski definition) is 1. The SMILES string of the molecule is CC(C)NCCCc1ccc(Cl)c(Cl)c1. The van der Waals surface area contributed by atoms with E-state index in [2.05, 4.69) is 19.2 Å². The number of benzene rings is 1. The van der Waals surface area contributed by atoms with Crippen molar-refractivity contribution in [3.05, 3.63) is 33.8 Å². The van der Waals surface area contributed by atoms with E-state index in [0.717, 1.165) is 19.4 Å². The normalized spacial score (nSPS) is 11.0. The predicted molar refractivity (Wildman–Crippen MR) is 67.9 cm³/mol. The average Bonchev–Trinajstić information content (AvgIpc) is 2.18. The monoisotopic (exact) mass is 245 g/mol. The number of halogens is 2. The summed E-state index contributed by atoms with van der Waals surface area (Å²) in [5, 5.41) is 4.65. The van der Waals surface area contributed by atoms with Crippen molar-refractivity contribution in [2.75, 3.05) is 6.54 Å². The van der Waals surface area contributed by atoms with Gasteiger partial charge in [0.25, 0.3) is 0 Å². The summed E-state index contributed by atoms with van der Waals surface area (Å²) in [5.74, 6) is 0. The lowest BCUT2D eigenvalue weighted by Gasteiger charge is -2.08. The van der Waals surface area contributed by atoms with Crippen LogP contribution in [0.5, 0.6) is 0 Å². The largest absolute Gasteiger partial charge is 0.315 e. The molecule has 0 aliphatic rings. The zero-order valence-electron chi connectivity index (χ0n) is 9.19. The smallest absolute Gasteiger partial charge is 0.0595 e. The number of nitrogens with one attached hydrogen (secondary N) is 1. The van der Waals surface area contributed by atoms with Crippen molar-refractivity contribution in [2.45, 2.75) is 32.7 Å². The number of aryl methyl sites for hydroxylation is 1. The van der Waals surface area contributed by atoms with Crippen LogP contribution < -0.4 is 5.32 Å². The van der Waals surface area contributed by atoms with E-state index in [4.69, 9.17) is 23.2 Å². The topological polar surface area (TPSA) is 12.0 Å². The molecule has 0 atom stereocenters. The molecular weight excluding hydrogens is 229 g/mol. The summed E-state index contributed by atoms with van der Waals surface area (Å²) in [7, 11) is 0. The molecule has 3 heteroatoms. The van der Waals surface area contributed by atoms with Crippen LogP contribution in [-0.4, -0.2) is 12.6 Å². The van der Waals surface area contributed by atoms with Crippen molar-refractivity contribution in [3.8, 4) is 0 Å². The van der Waals surface area contributed by atoms with Gasteiger partial charge in [-0.3, -0.25) is 0 Å². The number of rotatable bonds is 5. The van der Waals surface area contributed by atoms with Gasteiger partial charge in [-0.2, -0.15) is 0 Å². The lowest BCUT2D eigenvalue weighted by Crippen LogP contribution is -2.23. The van der Waals surface area contributed by atoms with E-state index >= 15 is 0 Å². The van der Waals surface area contributed by atoms with Gasteiger partial charge in [-0.15, -0.1) is 0 Å². The van der Waals surface area contributed by atoms with Crippen LogP contribution in [-0.2, 0) is 6.42 Å². The molecule has 0 aliphatic carbocycles. The third-order valence-electron chi connectivity index (χ3n) is 2.18. The van der Waals surface area contributed by atoms with Gasteiger partial charge >= 0.3 is 0 Å². The molecule has 0 heterocycles. The van der Waals surface area contributed by atoms with Gasteiger partial charge in [0, 0.05) is 6.04 Å². The lowest BCUT2D eigenvalue weighted by molar-refractivity contribution is 0.570. The second kappa shape index (κ2) is 6.37. The van der Waals surface area contributed by atoms with E-state index in [-0.39, 0.29) is 0 Å². The molecular formula is C12H17Cl2N. The van der Waals surface area contributed by atoms with Crippen molar-refractivity contribution in [3.63, 3.8) is 0 Å². The molecule has 1 rings (SSSR count). The van der Waals surface area contributed by atoms with Crippen LogP contribution >= 0.6 is 23.2 Å². The molecule has 1 aromatic carbocycles. The Hall–Kier alpha value is -0.240. The zero-order valence-corrected chi connectivity index (χ0v) is 10.7. The molecule has 84 valence electrons. The summed E-state index contributed by atoms with van der Waals surface area (Å²) < 4.78 is 0. The molecule has 15 heavy (non-hydrogen) atoms. The second-order valence-electron chi connectivity index (χ2n) is 3.96. The molecule has 1 nitrogen and oxygen atoms in total.